The minimum atomic E-state index is 0.0974. The summed E-state index contributed by atoms with van der Waals surface area (Å²) in [6.45, 7) is 6.41. The largest absolute Gasteiger partial charge is 0.462 e. The van der Waals surface area contributed by atoms with Crippen LogP contribution >= 0.6 is 0 Å². The molecule has 1 saturated heterocycles. The minimum absolute atomic E-state index is 0.0974. The summed E-state index contributed by atoms with van der Waals surface area (Å²) < 4.78 is 5.99. The third-order valence-corrected chi connectivity index (χ3v) is 11.4. The van der Waals surface area contributed by atoms with Crippen molar-refractivity contribution in [1.82, 2.24) is 4.90 Å². The Kier molecular flexibility index (Phi) is 4.52. The van der Waals surface area contributed by atoms with Crippen molar-refractivity contribution in [1.29, 1.82) is 0 Å². The molecule has 0 unspecified atom stereocenters. The fourth-order valence-electron chi connectivity index (χ4n) is 9.43. The molecule has 5 fully saturated rings. The third kappa shape index (κ3) is 2.63. The third-order valence-electron chi connectivity index (χ3n) is 11.4. The van der Waals surface area contributed by atoms with Crippen molar-refractivity contribution in [3.8, 4) is 0 Å². The van der Waals surface area contributed by atoms with Gasteiger partial charge in [0.25, 0.3) is 0 Å². The molecule has 1 aliphatic heterocycles. The molecule has 0 radical (unpaired) electrons. The standard InChI is InChI=1S/C27H41NO2/c1-17-22-9-10-24-21-8-7-19-15-20(30-25(29)18-5-4-6-18)11-13-26(19,2)23(21)12-14-27(22,24)16-28(17)3/h7,17-18,20-24H,4-6,8-16H2,1-3H3/t17-,20-,21+,22+,23-,24-,26-,27-/m0/s1. The van der Waals surface area contributed by atoms with E-state index in [-0.39, 0.29) is 18.0 Å². The van der Waals surface area contributed by atoms with Gasteiger partial charge in [-0.25, -0.2) is 0 Å². The molecule has 0 aromatic carbocycles. The summed E-state index contributed by atoms with van der Waals surface area (Å²) >= 11 is 0. The summed E-state index contributed by atoms with van der Waals surface area (Å²) in [6, 6.07) is 0.776. The highest BCUT2D eigenvalue weighted by molar-refractivity contribution is 5.73. The van der Waals surface area contributed by atoms with Crippen molar-refractivity contribution in [2.45, 2.75) is 96.6 Å². The van der Waals surface area contributed by atoms with E-state index in [2.05, 4.69) is 31.9 Å². The van der Waals surface area contributed by atoms with Crippen molar-refractivity contribution in [3.63, 3.8) is 0 Å². The molecular formula is C27H41NO2. The van der Waals surface area contributed by atoms with Gasteiger partial charge in [0.2, 0.25) is 0 Å². The molecule has 8 atom stereocenters. The maximum atomic E-state index is 12.4. The van der Waals surface area contributed by atoms with Gasteiger partial charge in [0.1, 0.15) is 6.10 Å². The minimum Gasteiger partial charge on any atom is -0.462 e. The van der Waals surface area contributed by atoms with E-state index in [0.717, 1.165) is 55.4 Å². The first-order valence-electron chi connectivity index (χ1n) is 13.0. The molecule has 0 aromatic heterocycles. The average Bonchev–Trinajstić information content (AvgIpc) is 3.15. The zero-order valence-electron chi connectivity index (χ0n) is 19.4. The van der Waals surface area contributed by atoms with E-state index in [0.29, 0.717) is 10.8 Å². The molecule has 0 bridgehead atoms. The van der Waals surface area contributed by atoms with Crippen molar-refractivity contribution in [2.24, 2.45) is 40.4 Å². The lowest BCUT2D eigenvalue weighted by Gasteiger charge is -2.58. The van der Waals surface area contributed by atoms with Gasteiger partial charge in [-0.3, -0.25) is 4.79 Å². The van der Waals surface area contributed by atoms with Crippen molar-refractivity contribution in [2.75, 3.05) is 13.6 Å². The Morgan fingerprint density at radius 2 is 1.87 bits per heavy atom. The second-order valence-electron chi connectivity index (χ2n) is 12.3. The summed E-state index contributed by atoms with van der Waals surface area (Å²) in [4.78, 5) is 15.1. The number of esters is 1. The maximum Gasteiger partial charge on any atom is 0.309 e. The first-order chi connectivity index (χ1) is 14.4. The number of carbonyl (C=O) groups is 1. The van der Waals surface area contributed by atoms with Gasteiger partial charge in [0.05, 0.1) is 5.92 Å². The number of rotatable bonds is 2. The van der Waals surface area contributed by atoms with E-state index >= 15 is 0 Å². The van der Waals surface area contributed by atoms with E-state index < -0.39 is 0 Å². The molecule has 3 nitrogen and oxygen atoms in total. The van der Waals surface area contributed by atoms with Crippen molar-refractivity contribution < 1.29 is 9.53 Å². The van der Waals surface area contributed by atoms with E-state index in [1.165, 1.54) is 51.5 Å². The first-order valence-corrected chi connectivity index (χ1v) is 13.0. The van der Waals surface area contributed by atoms with Crippen LogP contribution in [0, 0.1) is 40.4 Å². The number of hydrogen-bond donors (Lipinski definition) is 0. The van der Waals surface area contributed by atoms with Gasteiger partial charge in [-0.2, -0.15) is 0 Å². The van der Waals surface area contributed by atoms with E-state index in [1.807, 2.05) is 0 Å². The van der Waals surface area contributed by atoms with Crippen LogP contribution in [0.25, 0.3) is 0 Å². The molecule has 0 N–H and O–H groups in total. The lowest BCUT2D eigenvalue weighted by atomic mass is 9.47. The highest BCUT2D eigenvalue weighted by Gasteiger charge is 2.64. The zero-order valence-corrected chi connectivity index (χ0v) is 19.4. The van der Waals surface area contributed by atoms with Gasteiger partial charge in [-0.1, -0.05) is 25.0 Å². The predicted molar refractivity (Wildman–Crippen MR) is 119 cm³/mol. The van der Waals surface area contributed by atoms with Crippen LogP contribution < -0.4 is 0 Å². The normalized spacial score (nSPS) is 50.6. The Labute approximate surface area is 183 Å². The van der Waals surface area contributed by atoms with Crippen LogP contribution in [0.1, 0.15) is 84.5 Å². The molecule has 166 valence electrons. The number of nitrogens with zero attached hydrogens (tertiary/aromatic N) is 1. The van der Waals surface area contributed by atoms with Crippen LogP contribution in [0.5, 0.6) is 0 Å². The average molecular weight is 412 g/mol. The lowest BCUT2D eigenvalue weighted by molar-refractivity contribution is -0.159. The van der Waals surface area contributed by atoms with Crippen LogP contribution in [0.3, 0.4) is 0 Å². The van der Waals surface area contributed by atoms with Gasteiger partial charge in [0, 0.05) is 19.0 Å². The van der Waals surface area contributed by atoms with Gasteiger partial charge >= 0.3 is 5.97 Å². The molecule has 5 aliphatic carbocycles. The zero-order chi connectivity index (χ0) is 20.7. The Morgan fingerprint density at radius 1 is 1.07 bits per heavy atom. The molecule has 0 aromatic rings. The fraction of sp³-hybridized carbons (Fsp3) is 0.889. The molecule has 0 amide bonds. The molecule has 4 saturated carbocycles. The number of hydrogen-bond acceptors (Lipinski definition) is 3. The molecule has 30 heavy (non-hydrogen) atoms. The van der Waals surface area contributed by atoms with Crippen molar-refractivity contribution in [3.05, 3.63) is 11.6 Å². The monoisotopic (exact) mass is 411 g/mol. The summed E-state index contributed by atoms with van der Waals surface area (Å²) in [5.74, 6) is 3.94. The Balaban J connectivity index is 1.21. The van der Waals surface area contributed by atoms with Crippen LogP contribution in [0.4, 0.5) is 0 Å². The first kappa shape index (κ1) is 19.8. The number of likely N-dealkylation sites (tertiary alicyclic amines) is 1. The quantitative estimate of drug-likeness (QED) is 0.438. The predicted octanol–water partition coefficient (Wildman–Crippen LogP) is 5.59. The summed E-state index contributed by atoms with van der Waals surface area (Å²) in [7, 11) is 2.37. The second-order valence-corrected chi connectivity index (χ2v) is 12.3. The molecule has 6 rings (SSSR count). The van der Waals surface area contributed by atoms with Gasteiger partial charge in [-0.05, 0) is 106 Å². The molecule has 1 spiro atoms. The van der Waals surface area contributed by atoms with E-state index in [4.69, 9.17) is 4.74 Å². The number of fused-ring (bicyclic) bond motifs is 4. The number of ether oxygens (including phenoxy) is 1. The summed E-state index contributed by atoms with van der Waals surface area (Å²) in [6.07, 6.45) is 16.5. The summed E-state index contributed by atoms with van der Waals surface area (Å²) in [5.41, 5.74) is 2.62. The van der Waals surface area contributed by atoms with Crippen molar-refractivity contribution >= 4 is 5.97 Å². The van der Waals surface area contributed by atoms with Crippen LogP contribution in [0.2, 0.25) is 0 Å². The smallest absolute Gasteiger partial charge is 0.309 e. The Bertz CT molecular complexity index is 756. The topological polar surface area (TPSA) is 29.5 Å². The number of carbonyl (C=O) groups excluding carboxylic acids is 1. The lowest BCUT2D eigenvalue weighted by Crippen LogP contribution is -2.52. The summed E-state index contributed by atoms with van der Waals surface area (Å²) in [5, 5.41) is 0. The number of allylic oxidation sites excluding steroid dienone is 1. The Morgan fingerprint density at radius 3 is 2.63 bits per heavy atom. The molecule has 1 heterocycles. The fourth-order valence-corrected chi connectivity index (χ4v) is 9.43. The SMILES string of the molecule is C[C@H]1[C@H]2CC[C@H]3[C@@H]4CC=C5C[C@@H](OC(=O)C6CCC6)CC[C@]5(C)[C@H]4CC[C@]23CN1C. The highest BCUT2D eigenvalue weighted by atomic mass is 16.5. The van der Waals surface area contributed by atoms with E-state index in [1.54, 1.807) is 5.57 Å². The van der Waals surface area contributed by atoms with Crippen LogP contribution in [0.15, 0.2) is 11.6 Å². The molecule has 6 aliphatic rings. The molecular weight excluding hydrogens is 370 g/mol. The van der Waals surface area contributed by atoms with Crippen LogP contribution in [-0.4, -0.2) is 36.6 Å². The molecule has 3 heteroatoms. The van der Waals surface area contributed by atoms with Gasteiger partial charge in [-0.15, -0.1) is 0 Å². The van der Waals surface area contributed by atoms with E-state index in [9.17, 15) is 4.79 Å². The van der Waals surface area contributed by atoms with Crippen LogP contribution in [-0.2, 0) is 9.53 Å². The van der Waals surface area contributed by atoms with Gasteiger partial charge in [0.15, 0.2) is 0 Å². The van der Waals surface area contributed by atoms with Gasteiger partial charge < -0.3 is 9.64 Å². The second kappa shape index (κ2) is 6.83. The Hall–Kier alpha value is -0.830. The highest BCUT2D eigenvalue weighted by Crippen LogP contribution is 2.68. The maximum absolute atomic E-state index is 12.4.